The first-order valence-corrected chi connectivity index (χ1v) is 16.2. The molecule has 50 heavy (non-hydrogen) atoms. The van der Waals surface area contributed by atoms with Crippen LogP contribution in [0.2, 0.25) is 0 Å². The first-order valence-electron chi connectivity index (χ1n) is 18.7. The van der Waals surface area contributed by atoms with Crippen LogP contribution < -0.4 is 0 Å². The number of rotatable bonds is 5. The molecule has 7 aromatic carbocycles. The minimum absolute atomic E-state index is 0.174. The first-order chi connectivity index (χ1) is 26.8. The summed E-state index contributed by atoms with van der Waals surface area (Å²) in [6.07, 6.45) is 0. The second-order valence-electron chi connectivity index (χ2n) is 12.1. The molecule has 234 valence electrons. The van der Waals surface area contributed by atoms with Crippen molar-refractivity contribution in [1.82, 2.24) is 15.0 Å². The molecule has 0 saturated heterocycles. The highest BCUT2D eigenvalue weighted by atomic mass is 16.3. The number of hydrogen-bond acceptors (Lipinski definition) is 5. The molecule has 0 bridgehead atoms. The molecule has 3 aromatic heterocycles. The summed E-state index contributed by atoms with van der Waals surface area (Å²) >= 11 is 0. The molecule has 0 unspecified atom stereocenters. The van der Waals surface area contributed by atoms with Crippen molar-refractivity contribution in [1.29, 1.82) is 0 Å². The number of benzene rings is 7. The van der Waals surface area contributed by atoms with E-state index in [1.165, 1.54) is 0 Å². The monoisotopic (exact) mass is 646 g/mol. The van der Waals surface area contributed by atoms with Crippen LogP contribution >= 0.6 is 0 Å². The average molecular weight is 647 g/mol. The van der Waals surface area contributed by atoms with Gasteiger partial charge in [-0.15, -0.1) is 0 Å². The molecule has 5 nitrogen and oxygen atoms in total. The Morgan fingerprint density at radius 1 is 0.380 bits per heavy atom. The van der Waals surface area contributed by atoms with Crippen molar-refractivity contribution in [2.45, 2.75) is 0 Å². The van der Waals surface area contributed by atoms with E-state index in [-0.39, 0.29) is 29.7 Å². The van der Waals surface area contributed by atoms with Gasteiger partial charge in [0.25, 0.3) is 0 Å². The van der Waals surface area contributed by atoms with Gasteiger partial charge in [-0.05, 0) is 64.7 Å². The number of para-hydroxylation sites is 1. The molecule has 0 spiro atoms. The van der Waals surface area contributed by atoms with Crippen LogP contribution in [0.3, 0.4) is 0 Å². The Bertz CT molecular complexity index is 3130. The molecule has 0 aliphatic carbocycles. The van der Waals surface area contributed by atoms with Gasteiger partial charge in [0.2, 0.25) is 0 Å². The summed E-state index contributed by atoms with van der Waals surface area (Å²) in [5.41, 5.74) is 8.07. The molecule has 0 aliphatic heterocycles. The zero-order valence-electron chi connectivity index (χ0n) is 31.4. The van der Waals surface area contributed by atoms with Crippen molar-refractivity contribution in [2.24, 2.45) is 0 Å². The van der Waals surface area contributed by atoms with E-state index in [2.05, 4.69) is 6.07 Å². The fourth-order valence-corrected chi connectivity index (χ4v) is 6.62. The predicted molar refractivity (Wildman–Crippen MR) is 202 cm³/mol. The van der Waals surface area contributed by atoms with Gasteiger partial charge < -0.3 is 8.83 Å². The Balaban J connectivity index is 1.09. The lowest BCUT2D eigenvalue weighted by molar-refractivity contribution is 0.668. The van der Waals surface area contributed by atoms with Gasteiger partial charge in [-0.2, -0.15) is 0 Å². The molecule has 3 heterocycles. The van der Waals surface area contributed by atoms with Crippen LogP contribution in [0.5, 0.6) is 0 Å². The number of aromatic nitrogens is 3. The van der Waals surface area contributed by atoms with Crippen LogP contribution in [0.25, 0.3) is 100 Å². The Labute approximate surface area is 294 Å². The molecule has 10 rings (SSSR count). The lowest BCUT2D eigenvalue weighted by Gasteiger charge is -2.09. The first kappa shape index (κ1) is 23.5. The van der Waals surface area contributed by atoms with Gasteiger partial charge >= 0.3 is 0 Å². The summed E-state index contributed by atoms with van der Waals surface area (Å²) in [7, 11) is 0. The van der Waals surface area contributed by atoms with Crippen molar-refractivity contribution < 1.29 is 15.7 Å². The fraction of sp³-hybridized carbons (Fsp3) is 0. The highest BCUT2D eigenvalue weighted by Gasteiger charge is 2.18. The van der Waals surface area contributed by atoms with Crippen molar-refractivity contribution in [2.75, 3.05) is 0 Å². The molecule has 0 fully saturated rings. The minimum atomic E-state index is -0.410. The lowest BCUT2D eigenvalue weighted by atomic mass is 9.99. The zero-order chi connectivity index (χ0) is 37.4. The fourth-order valence-electron chi connectivity index (χ4n) is 6.62. The molecule has 0 N–H and O–H groups in total. The lowest BCUT2D eigenvalue weighted by Crippen LogP contribution is -2.00. The maximum Gasteiger partial charge on any atom is 0.164 e. The van der Waals surface area contributed by atoms with E-state index < -0.39 is 6.04 Å². The van der Waals surface area contributed by atoms with E-state index >= 15 is 0 Å². The van der Waals surface area contributed by atoms with Crippen LogP contribution in [0.4, 0.5) is 0 Å². The van der Waals surface area contributed by atoms with Gasteiger partial charge in [-0.3, -0.25) is 0 Å². The van der Waals surface area contributed by atoms with E-state index in [9.17, 15) is 0 Å². The quantitative estimate of drug-likeness (QED) is 0.186. The number of hydrogen-bond donors (Lipinski definition) is 0. The van der Waals surface area contributed by atoms with E-state index in [0.717, 1.165) is 71.7 Å². The SMILES string of the molecule is [2H]c1c([2H])c([2H])c(-c2ccc(-c3ccc4oc5ccc(-c6nc(-c7ccccc7)nc(-c7cccc8oc9ccccc9c78)n6)cc5c4c3)cc2)c([2H])c1[2H]. The summed E-state index contributed by atoms with van der Waals surface area (Å²) < 4.78 is 53.3. The number of furan rings is 2. The number of nitrogens with zero attached hydrogens (tertiary/aromatic N) is 3. The van der Waals surface area contributed by atoms with Gasteiger partial charge in [-0.1, -0.05) is 121 Å². The van der Waals surface area contributed by atoms with Crippen LogP contribution in [0.15, 0.2) is 173 Å². The van der Waals surface area contributed by atoms with Crippen LogP contribution in [0, 0.1) is 0 Å². The Morgan fingerprint density at radius 2 is 0.940 bits per heavy atom. The molecule has 5 heteroatoms. The molecular formula is C45H27N3O2. The van der Waals surface area contributed by atoms with E-state index in [0.29, 0.717) is 23.0 Å². The average Bonchev–Trinajstić information content (AvgIpc) is 3.80. The maximum atomic E-state index is 8.39. The third-order valence-corrected chi connectivity index (χ3v) is 9.05. The van der Waals surface area contributed by atoms with Crippen molar-refractivity contribution in [3.63, 3.8) is 0 Å². The Morgan fingerprint density at radius 3 is 1.72 bits per heavy atom. The smallest absolute Gasteiger partial charge is 0.164 e. The normalized spacial score (nSPS) is 13.0. The third kappa shape index (κ3) is 4.75. The van der Waals surface area contributed by atoms with Crippen LogP contribution in [-0.2, 0) is 0 Å². The van der Waals surface area contributed by atoms with Gasteiger partial charge in [0.15, 0.2) is 17.5 Å². The van der Waals surface area contributed by atoms with Gasteiger partial charge in [0.1, 0.15) is 22.3 Å². The topological polar surface area (TPSA) is 65.0 Å². The Kier molecular flexibility index (Phi) is 5.35. The number of fused-ring (bicyclic) bond motifs is 6. The van der Waals surface area contributed by atoms with Crippen molar-refractivity contribution >= 4 is 43.9 Å². The summed E-state index contributed by atoms with van der Waals surface area (Å²) in [6.45, 7) is 0. The largest absolute Gasteiger partial charge is 0.456 e. The molecule has 0 saturated carbocycles. The molecule has 0 aliphatic rings. The van der Waals surface area contributed by atoms with Gasteiger partial charge in [0.05, 0.1) is 6.85 Å². The highest BCUT2D eigenvalue weighted by molar-refractivity contribution is 6.12. The molecule has 10 aromatic rings. The van der Waals surface area contributed by atoms with E-state index in [1.807, 2.05) is 115 Å². The third-order valence-electron chi connectivity index (χ3n) is 9.05. The Hall–Kier alpha value is -6.85. The molecule has 0 atom stereocenters. The van der Waals surface area contributed by atoms with Crippen molar-refractivity contribution in [3.05, 3.63) is 164 Å². The highest BCUT2D eigenvalue weighted by Crippen LogP contribution is 2.38. The molecular weight excluding hydrogens is 615 g/mol. The second-order valence-corrected chi connectivity index (χ2v) is 12.1. The predicted octanol–water partition coefficient (Wildman–Crippen LogP) is 12.0. The van der Waals surface area contributed by atoms with Crippen LogP contribution in [0.1, 0.15) is 6.85 Å². The zero-order valence-corrected chi connectivity index (χ0v) is 26.4. The standard InChI is InChI=1S/C45H27N3O2/c1-3-10-28(11-4-1)29-18-20-30(21-19-29)32-22-24-39-36(26-32)37-27-33(23-25-40(37)49-39)44-46-43(31-12-5-2-6-13-31)47-45(48-44)35-15-9-17-41-42(35)34-14-7-8-16-38(34)50-41/h1-27H/i1D,3D,4D,10D,11D. The molecule has 0 radical (unpaired) electrons. The molecule has 0 amide bonds. The summed E-state index contributed by atoms with van der Waals surface area (Å²) in [6, 6.07) is 41.5. The summed E-state index contributed by atoms with van der Waals surface area (Å²) in [5.74, 6) is 1.61. The van der Waals surface area contributed by atoms with Crippen LogP contribution in [-0.4, -0.2) is 15.0 Å². The van der Waals surface area contributed by atoms with E-state index in [1.54, 1.807) is 12.1 Å². The minimum Gasteiger partial charge on any atom is -0.456 e. The maximum absolute atomic E-state index is 8.39. The van der Waals surface area contributed by atoms with E-state index in [4.69, 9.17) is 30.6 Å². The van der Waals surface area contributed by atoms with Gasteiger partial charge in [-0.25, -0.2) is 15.0 Å². The second kappa shape index (κ2) is 11.4. The summed E-state index contributed by atoms with van der Waals surface area (Å²) in [5, 5.41) is 3.74. The summed E-state index contributed by atoms with van der Waals surface area (Å²) in [4.78, 5) is 15.1. The van der Waals surface area contributed by atoms with Crippen molar-refractivity contribution in [3.8, 4) is 56.4 Å². The van der Waals surface area contributed by atoms with Gasteiger partial charge in [0, 0.05) is 38.2 Å².